The van der Waals surface area contributed by atoms with E-state index in [-0.39, 0.29) is 0 Å². The van der Waals surface area contributed by atoms with Gasteiger partial charge in [0.05, 0.1) is 17.6 Å². The molecule has 1 aromatic heterocycles. The molecule has 3 nitrogen and oxygen atoms in total. The number of nitrogens with zero attached hydrogens (tertiary/aromatic N) is 3. The van der Waals surface area contributed by atoms with Crippen molar-refractivity contribution in [3.63, 3.8) is 0 Å². The molecule has 0 spiro atoms. The standard InChI is InChI=1S/C13H13N3/c1-16(13-8-3-2-4-9-13)15-11-12-7-5-6-10-14-12/h2-11H,1H3. The maximum atomic E-state index is 4.31. The van der Waals surface area contributed by atoms with Crippen molar-refractivity contribution in [3.8, 4) is 0 Å². The average molecular weight is 211 g/mol. The largest absolute Gasteiger partial charge is 0.269 e. The van der Waals surface area contributed by atoms with E-state index in [4.69, 9.17) is 0 Å². The Bertz CT molecular complexity index is 451. The maximum Gasteiger partial charge on any atom is 0.0830 e. The Hall–Kier alpha value is -2.16. The molecule has 16 heavy (non-hydrogen) atoms. The highest BCUT2D eigenvalue weighted by Gasteiger charge is 1.95. The minimum absolute atomic E-state index is 0.852. The lowest BCUT2D eigenvalue weighted by Crippen LogP contribution is -2.08. The van der Waals surface area contributed by atoms with Crippen LogP contribution in [0.5, 0.6) is 0 Å². The minimum atomic E-state index is 0.852. The van der Waals surface area contributed by atoms with E-state index in [1.807, 2.05) is 60.6 Å². The Balaban J connectivity index is 2.08. The van der Waals surface area contributed by atoms with Crippen LogP contribution in [0.1, 0.15) is 5.69 Å². The zero-order valence-corrected chi connectivity index (χ0v) is 9.12. The summed E-state index contributed by atoms with van der Waals surface area (Å²) in [4.78, 5) is 4.17. The Morgan fingerprint density at radius 1 is 1.06 bits per heavy atom. The molecule has 0 saturated heterocycles. The van der Waals surface area contributed by atoms with Gasteiger partial charge in [-0.2, -0.15) is 5.10 Å². The zero-order chi connectivity index (χ0) is 11.2. The highest BCUT2D eigenvalue weighted by Crippen LogP contribution is 2.10. The Morgan fingerprint density at radius 3 is 2.50 bits per heavy atom. The molecule has 1 heterocycles. The molecule has 1 aromatic carbocycles. The third-order valence-corrected chi connectivity index (χ3v) is 2.18. The highest BCUT2D eigenvalue weighted by atomic mass is 15.4. The van der Waals surface area contributed by atoms with E-state index in [0.29, 0.717) is 0 Å². The molecule has 0 saturated carbocycles. The summed E-state index contributed by atoms with van der Waals surface area (Å²) in [5.41, 5.74) is 1.90. The molecule has 0 aliphatic carbocycles. The summed E-state index contributed by atoms with van der Waals surface area (Å²) in [5, 5.41) is 6.12. The van der Waals surface area contributed by atoms with Gasteiger partial charge in [0, 0.05) is 13.2 Å². The fraction of sp³-hybridized carbons (Fsp3) is 0.0769. The SMILES string of the molecule is CN(N=Cc1ccccn1)c1ccccc1. The molecule has 0 N–H and O–H groups in total. The second kappa shape index (κ2) is 5.07. The number of benzene rings is 1. The summed E-state index contributed by atoms with van der Waals surface area (Å²) in [6.45, 7) is 0. The fourth-order valence-electron chi connectivity index (χ4n) is 1.31. The first-order valence-electron chi connectivity index (χ1n) is 5.10. The molecule has 80 valence electrons. The normalized spacial score (nSPS) is 10.6. The second-order valence-corrected chi connectivity index (χ2v) is 3.36. The maximum absolute atomic E-state index is 4.31. The molecule has 0 amide bonds. The summed E-state index contributed by atoms with van der Waals surface area (Å²) in [6.07, 6.45) is 3.50. The molecule has 0 fully saturated rings. The Labute approximate surface area is 95.1 Å². The molecular weight excluding hydrogens is 198 g/mol. The number of pyridine rings is 1. The average Bonchev–Trinajstić information content (AvgIpc) is 2.38. The summed E-state index contributed by atoms with van der Waals surface area (Å²) < 4.78 is 0. The van der Waals surface area contributed by atoms with Crippen LogP contribution in [-0.2, 0) is 0 Å². The van der Waals surface area contributed by atoms with Crippen LogP contribution >= 0.6 is 0 Å². The van der Waals surface area contributed by atoms with Crippen LogP contribution < -0.4 is 5.01 Å². The molecule has 0 aliphatic heterocycles. The van der Waals surface area contributed by atoms with E-state index in [0.717, 1.165) is 11.4 Å². The number of rotatable bonds is 3. The van der Waals surface area contributed by atoms with Crippen molar-refractivity contribution in [2.75, 3.05) is 12.1 Å². The zero-order valence-electron chi connectivity index (χ0n) is 9.12. The summed E-state index contributed by atoms with van der Waals surface area (Å²) >= 11 is 0. The first kappa shape index (κ1) is 10.4. The van der Waals surface area contributed by atoms with Crippen LogP contribution in [-0.4, -0.2) is 18.2 Å². The van der Waals surface area contributed by atoms with E-state index < -0.39 is 0 Å². The second-order valence-electron chi connectivity index (χ2n) is 3.36. The van der Waals surface area contributed by atoms with Gasteiger partial charge >= 0.3 is 0 Å². The van der Waals surface area contributed by atoms with E-state index in [1.165, 1.54) is 0 Å². The van der Waals surface area contributed by atoms with Gasteiger partial charge in [-0.15, -0.1) is 0 Å². The van der Waals surface area contributed by atoms with Gasteiger partial charge in [-0.25, -0.2) is 0 Å². The number of hydrogen-bond acceptors (Lipinski definition) is 3. The van der Waals surface area contributed by atoms with Gasteiger partial charge in [0.25, 0.3) is 0 Å². The van der Waals surface area contributed by atoms with Crippen molar-refractivity contribution in [3.05, 3.63) is 60.4 Å². The molecule has 2 rings (SSSR count). The van der Waals surface area contributed by atoms with Crippen molar-refractivity contribution in [2.45, 2.75) is 0 Å². The lowest BCUT2D eigenvalue weighted by atomic mass is 10.3. The van der Waals surface area contributed by atoms with Gasteiger partial charge in [-0.1, -0.05) is 24.3 Å². The van der Waals surface area contributed by atoms with Gasteiger partial charge in [0.15, 0.2) is 0 Å². The number of para-hydroxylation sites is 1. The fourth-order valence-corrected chi connectivity index (χ4v) is 1.31. The van der Waals surface area contributed by atoms with Crippen molar-refractivity contribution in [1.82, 2.24) is 4.98 Å². The Kier molecular flexibility index (Phi) is 3.28. The minimum Gasteiger partial charge on any atom is -0.269 e. The summed E-state index contributed by atoms with van der Waals surface area (Å²) in [6, 6.07) is 15.7. The molecule has 2 aromatic rings. The van der Waals surface area contributed by atoms with Crippen LogP contribution in [0, 0.1) is 0 Å². The monoisotopic (exact) mass is 211 g/mol. The quantitative estimate of drug-likeness (QED) is 0.576. The lowest BCUT2D eigenvalue weighted by molar-refractivity contribution is 1.02. The third-order valence-electron chi connectivity index (χ3n) is 2.18. The third kappa shape index (κ3) is 2.67. The van der Waals surface area contributed by atoms with Crippen LogP contribution in [0.4, 0.5) is 5.69 Å². The highest BCUT2D eigenvalue weighted by molar-refractivity contribution is 5.77. The van der Waals surface area contributed by atoms with Gasteiger partial charge in [0.1, 0.15) is 0 Å². The van der Waals surface area contributed by atoms with Crippen LogP contribution in [0.2, 0.25) is 0 Å². The van der Waals surface area contributed by atoms with Crippen molar-refractivity contribution >= 4 is 11.9 Å². The van der Waals surface area contributed by atoms with Gasteiger partial charge < -0.3 is 0 Å². The van der Waals surface area contributed by atoms with Crippen LogP contribution in [0.25, 0.3) is 0 Å². The van der Waals surface area contributed by atoms with Gasteiger partial charge in [-0.05, 0) is 24.3 Å². The molecule has 0 aliphatic rings. The van der Waals surface area contributed by atoms with Crippen molar-refractivity contribution < 1.29 is 0 Å². The first-order valence-corrected chi connectivity index (χ1v) is 5.10. The Morgan fingerprint density at radius 2 is 1.81 bits per heavy atom. The van der Waals surface area contributed by atoms with Crippen molar-refractivity contribution in [1.29, 1.82) is 0 Å². The smallest absolute Gasteiger partial charge is 0.0830 e. The molecule has 3 heteroatoms. The molecule has 0 bridgehead atoms. The lowest BCUT2D eigenvalue weighted by Gasteiger charge is -2.11. The molecule has 0 atom stereocenters. The molecule has 0 unspecified atom stereocenters. The number of hydrazone groups is 1. The van der Waals surface area contributed by atoms with Crippen molar-refractivity contribution in [2.24, 2.45) is 5.10 Å². The number of anilines is 1. The van der Waals surface area contributed by atoms with E-state index >= 15 is 0 Å². The topological polar surface area (TPSA) is 28.5 Å². The van der Waals surface area contributed by atoms with E-state index in [1.54, 1.807) is 12.4 Å². The van der Waals surface area contributed by atoms with E-state index in [2.05, 4.69) is 10.1 Å². The molecular formula is C13H13N3. The summed E-state index contributed by atoms with van der Waals surface area (Å²) in [7, 11) is 1.91. The predicted molar refractivity (Wildman–Crippen MR) is 66.7 cm³/mol. The number of aromatic nitrogens is 1. The van der Waals surface area contributed by atoms with Crippen LogP contribution in [0.15, 0.2) is 59.8 Å². The predicted octanol–water partition coefficient (Wildman–Crippen LogP) is 2.55. The van der Waals surface area contributed by atoms with Gasteiger partial charge in [-0.3, -0.25) is 9.99 Å². The number of hydrogen-bond donors (Lipinski definition) is 0. The summed E-state index contributed by atoms with van der Waals surface area (Å²) in [5.74, 6) is 0. The van der Waals surface area contributed by atoms with Gasteiger partial charge in [0.2, 0.25) is 0 Å². The van der Waals surface area contributed by atoms with Crippen LogP contribution in [0.3, 0.4) is 0 Å². The first-order chi connectivity index (χ1) is 7.86. The van der Waals surface area contributed by atoms with E-state index in [9.17, 15) is 0 Å². The molecule has 0 radical (unpaired) electrons.